The van der Waals surface area contributed by atoms with E-state index in [9.17, 15) is 8.78 Å². The molecule has 92 valence electrons. The summed E-state index contributed by atoms with van der Waals surface area (Å²) in [5.41, 5.74) is 0.848. The van der Waals surface area contributed by atoms with Gasteiger partial charge >= 0.3 is 0 Å². The number of pyridine rings is 1. The maximum absolute atomic E-state index is 13.7. The van der Waals surface area contributed by atoms with Crippen molar-refractivity contribution in [3.05, 3.63) is 53.7 Å². The van der Waals surface area contributed by atoms with E-state index in [1.165, 1.54) is 22.6 Å². The van der Waals surface area contributed by atoms with Crippen molar-refractivity contribution in [3.63, 3.8) is 0 Å². The summed E-state index contributed by atoms with van der Waals surface area (Å²) in [6, 6.07) is 8.91. The summed E-state index contributed by atoms with van der Waals surface area (Å²) < 4.78 is 28.4. The van der Waals surface area contributed by atoms with E-state index >= 15 is 0 Å². The van der Waals surface area contributed by atoms with Crippen LogP contribution in [-0.4, -0.2) is 14.6 Å². The molecule has 0 saturated heterocycles. The third-order valence-electron chi connectivity index (χ3n) is 2.73. The van der Waals surface area contributed by atoms with Crippen LogP contribution in [0.15, 0.2) is 36.5 Å². The first-order valence-electron chi connectivity index (χ1n) is 5.40. The van der Waals surface area contributed by atoms with Gasteiger partial charge in [0.2, 0.25) is 0 Å². The molecule has 0 aliphatic heterocycles. The van der Waals surface area contributed by atoms with Gasteiger partial charge in [0, 0.05) is 12.3 Å². The molecule has 19 heavy (non-hydrogen) atoms. The van der Waals surface area contributed by atoms with Gasteiger partial charge in [-0.1, -0.05) is 6.07 Å². The van der Waals surface area contributed by atoms with E-state index in [1.807, 2.05) is 6.07 Å². The van der Waals surface area contributed by atoms with E-state index < -0.39 is 11.6 Å². The second kappa shape index (κ2) is 4.14. The van der Waals surface area contributed by atoms with Crippen LogP contribution in [0.1, 0.15) is 5.56 Å². The van der Waals surface area contributed by atoms with Gasteiger partial charge in [-0.05, 0) is 18.2 Å². The molecule has 3 aromatic rings. The van der Waals surface area contributed by atoms with Crippen LogP contribution < -0.4 is 0 Å². The number of rotatable bonds is 1. The Balaban J connectivity index is 2.27. The van der Waals surface area contributed by atoms with E-state index in [1.54, 1.807) is 12.3 Å². The molecule has 2 aromatic heterocycles. The molecule has 1 aromatic carbocycles. The van der Waals surface area contributed by atoms with Crippen molar-refractivity contribution in [1.29, 1.82) is 5.26 Å². The highest BCUT2D eigenvalue weighted by atomic mass is 19.2. The third-order valence-corrected chi connectivity index (χ3v) is 2.73. The molecular weight excluding hydrogens is 250 g/mol. The number of fused-ring (bicyclic) bond motifs is 1. The molecule has 6 heteroatoms. The summed E-state index contributed by atoms with van der Waals surface area (Å²) >= 11 is 0. The fourth-order valence-electron chi connectivity index (χ4n) is 1.82. The van der Waals surface area contributed by atoms with Crippen LogP contribution in [0, 0.1) is 23.0 Å². The maximum Gasteiger partial charge on any atom is 0.171 e. The molecule has 4 nitrogen and oxygen atoms in total. The highest BCUT2D eigenvalue weighted by Crippen LogP contribution is 2.23. The molecule has 0 amide bonds. The summed E-state index contributed by atoms with van der Waals surface area (Å²) in [6.45, 7) is 0. The van der Waals surface area contributed by atoms with Crippen LogP contribution >= 0.6 is 0 Å². The number of halogens is 2. The van der Waals surface area contributed by atoms with Gasteiger partial charge < -0.3 is 0 Å². The van der Waals surface area contributed by atoms with E-state index in [0.717, 1.165) is 6.07 Å². The van der Waals surface area contributed by atoms with Crippen LogP contribution in [0.25, 0.3) is 17.0 Å². The van der Waals surface area contributed by atoms with Crippen molar-refractivity contribution in [2.24, 2.45) is 0 Å². The van der Waals surface area contributed by atoms with Gasteiger partial charge in [0.25, 0.3) is 0 Å². The predicted molar refractivity (Wildman–Crippen MR) is 63.1 cm³/mol. The Kier molecular flexibility index (Phi) is 2.46. The lowest BCUT2D eigenvalue weighted by Gasteiger charge is -2.02. The second-order valence-electron chi connectivity index (χ2n) is 3.88. The molecule has 0 aliphatic carbocycles. The molecule has 0 unspecified atom stereocenters. The lowest BCUT2D eigenvalue weighted by molar-refractivity contribution is 0.510. The van der Waals surface area contributed by atoms with Gasteiger partial charge in [-0.2, -0.15) is 5.26 Å². The number of benzene rings is 1. The number of hydrogen-bond acceptors (Lipinski definition) is 3. The summed E-state index contributed by atoms with van der Waals surface area (Å²) in [5.74, 6) is -1.72. The Morgan fingerprint density at radius 1 is 1.16 bits per heavy atom. The summed E-state index contributed by atoms with van der Waals surface area (Å²) in [6.07, 6.45) is 1.55. The fourth-order valence-corrected chi connectivity index (χ4v) is 1.82. The largest absolute Gasteiger partial charge is 0.282 e. The molecule has 0 N–H and O–H groups in total. The summed E-state index contributed by atoms with van der Waals surface area (Å²) in [4.78, 5) is 0. The first-order chi connectivity index (χ1) is 9.20. The number of nitrogens with zero attached hydrogens (tertiary/aromatic N) is 4. The average molecular weight is 256 g/mol. The monoisotopic (exact) mass is 256 g/mol. The second-order valence-corrected chi connectivity index (χ2v) is 3.88. The number of nitriles is 1. The Morgan fingerprint density at radius 2 is 2.00 bits per heavy atom. The van der Waals surface area contributed by atoms with E-state index in [2.05, 4.69) is 10.2 Å². The number of hydrogen-bond donors (Lipinski definition) is 0. The van der Waals surface area contributed by atoms with Crippen LogP contribution in [0.2, 0.25) is 0 Å². The minimum absolute atomic E-state index is 0.0252. The van der Waals surface area contributed by atoms with Crippen LogP contribution in [0.5, 0.6) is 0 Å². The van der Waals surface area contributed by atoms with E-state index in [-0.39, 0.29) is 11.4 Å². The molecule has 2 heterocycles. The topological polar surface area (TPSA) is 54.0 Å². The summed E-state index contributed by atoms with van der Waals surface area (Å²) in [7, 11) is 0. The zero-order valence-electron chi connectivity index (χ0n) is 9.51. The maximum atomic E-state index is 13.7. The van der Waals surface area contributed by atoms with Crippen LogP contribution in [0.3, 0.4) is 0 Å². The Hall–Kier alpha value is -2.81. The van der Waals surface area contributed by atoms with Crippen molar-refractivity contribution >= 4 is 5.65 Å². The fraction of sp³-hybridized carbons (Fsp3) is 0. The Bertz CT molecular complexity index is 817. The van der Waals surface area contributed by atoms with Gasteiger partial charge in [-0.3, -0.25) is 4.40 Å². The minimum Gasteiger partial charge on any atom is -0.282 e. The van der Waals surface area contributed by atoms with Gasteiger partial charge in [-0.15, -0.1) is 10.2 Å². The lowest BCUT2D eigenvalue weighted by Crippen LogP contribution is -1.94. The molecule has 0 radical (unpaired) electrons. The van der Waals surface area contributed by atoms with Gasteiger partial charge in [0.05, 0.1) is 17.2 Å². The quantitative estimate of drug-likeness (QED) is 0.672. The molecule has 3 rings (SSSR count). The molecule has 0 fully saturated rings. The smallest absolute Gasteiger partial charge is 0.171 e. The molecule has 0 spiro atoms. The SMILES string of the molecule is N#Cc1ccn2c(-c3cccc(F)c3F)nnc2c1. The van der Waals surface area contributed by atoms with E-state index in [0.29, 0.717) is 11.2 Å². The average Bonchev–Trinajstić information content (AvgIpc) is 2.84. The summed E-state index contributed by atoms with van der Waals surface area (Å²) in [5, 5.41) is 16.5. The Labute approximate surface area is 106 Å². The van der Waals surface area contributed by atoms with Crippen molar-refractivity contribution < 1.29 is 8.78 Å². The molecule has 0 atom stereocenters. The zero-order valence-corrected chi connectivity index (χ0v) is 9.51. The highest BCUT2D eigenvalue weighted by Gasteiger charge is 2.15. The standard InChI is InChI=1S/C13H6F2N4/c14-10-3-1-2-9(12(10)15)13-18-17-11-6-8(7-16)4-5-19(11)13/h1-6H. The van der Waals surface area contributed by atoms with Gasteiger partial charge in [0.1, 0.15) is 0 Å². The van der Waals surface area contributed by atoms with E-state index in [4.69, 9.17) is 5.26 Å². The molecule has 0 saturated carbocycles. The molecular formula is C13H6F2N4. The predicted octanol–water partition coefficient (Wildman–Crippen LogP) is 2.55. The van der Waals surface area contributed by atoms with Gasteiger partial charge in [-0.25, -0.2) is 8.78 Å². The number of aromatic nitrogens is 3. The van der Waals surface area contributed by atoms with Crippen molar-refractivity contribution in [2.75, 3.05) is 0 Å². The minimum atomic E-state index is -0.971. The lowest BCUT2D eigenvalue weighted by atomic mass is 10.2. The molecule has 0 aliphatic rings. The third kappa shape index (κ3) is 1.72. The molecule has 0 bridgehead atoms. The van der Waals surface area contributed by atoms with Crippen molar-refractivity contribution in [2.45, 2.75) is 0 Å². The zero-order chi connectivity index (χ0) is 13.4. The van der Waals surface area contributed by atoms with Crippen molar-refractivity contribution in [3.8, 4) is 17.5 Å². The first-order valence-corrected chi connectivity index (χ1v) is 5.40. The van der Waals surface area contributed by atoms with Crippen LogP contribution in [-0.2, 0) is 0 Å². The van der Waals surface area contributed by atoms with Gasteiger partial charge in [0.15, 0.2) is 23.1 Å². The highest BCUT2D eigenvalue weighted by molar-refractivity contribution is 5.61. The normalized spacial score (nSPS) is 10.6. The Morgan fingerprint density at radius 3 is 2.79 bits per heavy atom. The first kappa shape index (κ1) is 11.3. The van der Waals surface area contributed by atoms with Crippen molar-refractivity contribution in [1.82, 2.24) is 14.6 Å². The van der Waals surface area contributed by atoms with Crippen LogP contribution in [0.4, 0.5) is 8.78 Å².